The molecule has 0 bridgehead atoms. The minimum absolute atomic E-state index is 0.122. The fourth-order valence-corrected chi connectivity index (χ4v) is 16.3. The van der Waals surface area contributed by atoms with Crippen LogP contribution in [0.15, 0.2) is 36.4 Å². The molecule has 0 saturated heterocycles. The molecule has 0 aliphatic heterocycles. The molecule has 76 heavy (non-hydrogen) atoms. The highest BCUT2D eigenvalue weighted by Crippen LogP contribution is 2.54. The highest BCUT2D eigenvalue weighted by Gasteiger charge is 2.31. The van der Waals surface area contributed by atoms with E-state index in [-0.39, 0.29) is 4.88 Å². The summed E-state index contributed by atoms with van der Waals surface area (Å²) in [6, 6.07) is 13.0. The summed E-state index contributed by atoms with van der Waals surface area (Å²) in [6.07, 6.45) is 32.0. The summed E-state index contributed by atoms with van der Waals surface area (Å²) >= 11 is 6.50. The first-order chi connectivity index (χ1) is 36.9. The molecule has 0 fully saturated rings. The Hall–Kier alpha value is -3.84. The molecule has 0 saturated carbocycles. The lowest BCUT2D eigenvalue weighted by molar-refractivity contribution is 0.404. The Morgan fingerprint density at radius 1 is 0.382 bits per heavy atom. The van der Waals surface area contributed by atoms with Crippen molar-refractivity contribution in [1.29, 1.82) is 0 Å². The zero-order valence-corrected chi connectivity index (χ0v) is 49.1. The molecular formula is C64H78F6N2S4. The monoisotopic (exact) mass is 1120 g/mol. The van der Waals surface area contributed by atoms with Crippen LogP contribution in [0.1, 0.15) is 202 Å². The lowest BCUT2D eigenvalue weighted by Crippen LogP contribution is -2.05. The largest absolute Gasteiger partial charge is 0.238 e. The molecule has 2 atom stereocenters. The molecule has 0 aliphatic rings. The van der Waals surface area contributed by atoms with Gasteiger partial charge >= 0.3 is 0 Å². The summed E-state index contributed by atoms with van der Waals surface area (Å²) in [7, 11) is 0. The maximum absolute atomic E-state index is 17.2. The molecule has 5 heterocycles. The molecule has 2 nitrogen and oxygen atoms in total. The van der Waals surface area contributed by atoms with Crippen molar-refractivity contribution in [3.63, 3.8) is 0 Å². The Morgan fingerprint density at radius 2 is 0.776 bits per heavy atom. The molecule has 8 aromatic rings. The fraction of sp³-hybridized carbons (Fsp3) is 0.531. The zero-order valence-electron chi connectivity index (χ0n) is 45.8. The number of rotatable bonds is 31. The van der Waals surface area contributed by atoms with Gasteiger partial charge in [0.2, 0.25) is 0 Å². The van der Waals surface area contributed by atoms with Crippen LogP contribution in [0.3, 0.4) is 0 Å². The highest BCUT2D eigenvalue weighted by atomic mass is 32.1. The number of aromatic nitrogens is 2. The van der Waals surface area contributed by atoms with Crippen molar-refractivity contribution in [2.75, 3.05) is 0 Å². The summed E-state index contributed by atoms with van der Waals surface area (Å²) in [6.45, 7) is 12.2. The summed E-state index contributed by atoms with van der Waals surface area (Å²) in [5.74, 6) is -7.48. The molecule has 2 unspecified atom stereocenters. The van der Waals surface area contributed by atoms with Crippen molar-refractivity contribution < 1.29 is 26.3 Å². The Bertz CT molecular complexity index is 3070. The third-order valence-corrected chi connectivity index (χ3v) is 20.2. The number of benzene rings is 3. The maximum atomic E-state index is 17.2. The summed E-state index contributed by atoms with van der Waals surface area (Å²) < 4.78 is 97.9. The third kappa shape index (κ3) is 13.4. The van der Waals surface area contributed by atoms with E-state index in [1.807, 2.05) is 0 Å². The van der Waals surface area contributed by atoms with Crippen LogP contribution in [0.25, 0.3) is 73.6 Å². The van der Waals surface area contributed by atoms with Gasteiger partial charge in [-0.05, 0) is 74.9 Å². The average molecular weight is 1120 g/mol. The Morgan fingerprint density at radius 3 is 1.26 bits per heavy atom. The van der Waals surface area contributed by atoms with Gasteiger partial charge in [-0.25, -0.2) is 36.3 Å². The van der Waals surface area contributed by atoms with E-state index in [9.17, 15) is 4.39 Å². The van der Waals surface area contributed by atoms with E-state index in [0.29, 0.717) is 11.8 Å². The number of hydrogen-bond donors (Lipinski definition) is 0. The molecule has 0 N–H and O–H groups in total. The van der Waals surface area contributed by atoms with E-state index < -0.39 is 68.1 Å². The molecule has 0 aliphatic carbocycles. The van der Waals surface area contributed by atoms with Gasteiger partial charge in [-0.2, -0.15) is 0 Å². The number of hydrogen-bond acceptors (Lipinski definition) is 6. The van der Waals surface area contributed by atoms with Gasteiger partial charge in [-0.3, -0.25) is 0 Å². The molecule has 0 amide bonds. The quantitative estimate of drug-likeness (QED) is 0.0187. The molecule has 0 radical (unpaired) electrons. The Labute approximate surface area is 464 Å². The summed E-state index contributed by atoms with van der Waals surface area (Å²) in [4.78, 5) is 13.8. The van der Waals surface area contributed by atoms with E-state index in [0.717, 1.165) is 65.7 Å². The summed E-state index contributed by atoms with van der Waals surface area (Å²) in [5, 5.41) is 1.88. The van der Waals surface area contributed by atoms with E-state index in [2.05, 4.69) is 74.9 Å². The van der Waals surface area contributed by atoms with E-state index in [1.54, 1.807) is 40.1 Å². The lowest BCUT2D eigenvalue weighted by atomic mass is 9.91. The standard InChI is InChI=1S/C64H78F6N2S4/c1-7-11-15-19-21-25-29-41(27-23-17-13-9-3)36-43-31-33-47(74-43)50-45-35-39(5)73-63(45)51(48-34-32-44(75-48)37-42(28-24-18-14-10-4)30-26-22-20-16-12-8-2)46-38-49(76-64(46)50)52-55(67)58(70)62-60(56(52)68)72-61-57(69)53(65)40(6)54(66)59(61)71-62/h31-35,38,41-42H,7-30,36-37H2,1-6H3. The second-order valence-corrected chi connectivity index (χ2v) is 26.3. The molecular weight excluding hydrogens is 1040 g/mol. The van der Waals surface area contributed by atoms with Gasteiger partial charge in [0.1, 0.15) is 22.1 Å². The minimum atomic E-state index is -1.54. The molecule has 0 spiro atoms. The number of aryl methyl sites for hydroxylation is 1. The average Bonchev–Trinajstić information content (AvgIpc) is 4.31. The number of thiophene rings is 4. The first-order valence-corrected chi connectivity index (χ1v) is 32.1. The highest BCUT2D eigenvalue weighted by molar-refractivity contribution is 7.25. The van der Waals surface area contributed by atoms with E-state index in [4.69, 9.17) is 0 Å². The van der Waals surface area contributed by atoms with Gasteiger partial charge < -0.3 is 0 Å². The molecule has 12 heteroatoms. The van der Waals surface area contributed by atoms with Crippen molar-refractivity contribution in [2.24, 2.45) is 11.8 Å². The van der Waals surface area contributed by atoms with Crippen LogP contribution in [0.2, 0.25) is 0 Å². The van der Waals surface area contributed by atoms with E-state index >= 15 is 22.0 Å². The first kappa shape index (κ1) is 58.3. The first-order valence-electron chi connectivity index (χ1n) is 28.9. The second-order valence-electron chi connectivity index (χ2n) is 21.7. The van der Waals surface area contributed by atoms with Crippen LogP contribution in [0.5, 0.6) is 0 Å². The maximum Gasteiger partial charge on any atom is 0.187 e. The minimum Gasteiger partial charge on any atom is -0.238 e. The van der Waals surface area contributed by atoms with Gasteiger partial charge in [0.25, 0.3) is 0 Å². The molecule has 5 aromatic heterocycles. The molecule has 3 aromatic carbocycles. The van der Waals surface area contributed by atoms with E-state index in [1.165, 1.54) is 175 Å². The van der Waals surface area contributed by atoms with Gasteiger partial charge in [-0.15, -0.1) is 45.3 Å². The Kier molecular flexibility index (Phi) is 21.4. The van der Waals surface area contributed by atoms with Crippen molar-refractivity contribution in [3.05, 3.63) is 91.5 Å². The topological polar surface area (TPSA) is 25.8 Å². The number of unbranched alkanes of at least 4 members (excludes halogenated alkanes) is 16. The van der Waals surface area contributed by atoms with Gasteiger partial charge in [-0.1, -0.05) is 182 Å². The van der Waals surface area contributed by atoms with Crippen molar-refractivity contribution >= 4 is 87.6 Å². The SMILES string of the molecule is CCCCCCCCC(CCCCCC)Cc1ccc(-c2c3cc(-c4c(F)c(F)c5nc6c(F)c(C)c(F)c(F)c6nc5c4F)sc3c(-c3ccc(CC(CCCCCC)CCCCCCCC)s3)c3cc(C)sc23)s1. The zero-order chi connectivity index (χ0) is 53.9. The van der Waals surface area contributed by atoms with Crippen molar-refractivity contribution in [2.45, 2.75) is 208 Å². The molecule has 8 rings (SSSR count). The van der Waals surface area contributed by atoms with Crippen LogP contribution in [-0.4, -0.2) is 9.97 Å². The van der Waals surface area contributed by atoms with Crippen molar-refractivity contribution in [1.82, 2.24) is 9.97 Å². The number of nitrogens with zero attached hydrogens (tertiary/aromatic N) is 2. The van der Waals surface area contributed by atoms with Crippen LogP contribution < -0.4 is 0 Å². The van der Waals surface area contributed by atoms with Crippen LogP contribution in [0, 0.1) is 60.6 Å². The predicted molar refractivity (Wildman–Crippen MR) is 317 cm³/mol. The smallest absolute Gasteiger partial charge is 0.187 e. The van der Waals surface area contributed by atoms with Crippen LogP contribution >= 0.6 is 45.3 Å². The summed E-state index contributed by atoms with van der Waals surface area (Å²) in [5.41, 5.74) is -2.80. The van der Waals surface area contributed by atoms with Gasteiger partial charge in [0, 0.05) is 66.1 Å². The van der Waals surface area contributed by atoms with Crippen molar-refractivity contribution in [3.8, 4) is 31.3 Å². The predicted octanol–water partition coefficient (Wildman–Crippen LogP) is 23.5. The lowest BCUT2D eigenvalue weighted by Gasteiger charge is -2.16. The Balaban J connectivity index is 1.24. The second kappa shape index (κ2) is 27.8. The normalized spacial score (nSPS) is 12.9. The number of halogens is 6. The fourth-order valence-electron chi connectivity index (χ4n) is 11.4. The van der Waals surface area contributed by atoms with Crippen LogP contribution in [-0.2, 0) is 12.8 Å². The van der Waals surface area contributed by atoms with Crippen LogP contribution in [0.4, 0.5) is 26.3 Å². The van der Waals surface area contributed by atoms with Gasteiger partial charge in [0.05, 0.1) is 5.56 Å². The third-order valence-electron chi connectivity index (χ3n) is 15.7. The molecule has 410 valence electrons. The number of fused-ring (bicyclic) bond motifs is 4. The van der Waals surface area contributed by atoms with Gasteiger partial charge in [0.15, 0.2) is 34.9 Å².